The Hall–Kier alpha value is -1.97. The average Bonchev–Trinajstić information content (AvgIpc) is 2.80. The number of hydrogen-bond donors (Lipinski definition) is 0. The number of anilines is 1. The van der Waals surface area contributed by atoms with Crippen molar-refractivity contribution in [3.8, 4) is 0 Å². The van der Waals surface area contributed by atoms with Crippen molar-refractivity contribution in [1.82, 2.24) is 0 Å². The Morgan fingerprint density at radius 1 is 1.00 bits per heavy atom. The number of carbonyl (C=O) groups excluding carboxylic acids is 3. The molecule has 4 atom stereocenters. The van der Waals surface area contributed by atoms with Crippen molar-refractivity contribution in [2.45, 2.75) is 45.4 Å². The van der Waals surface area contributed by atoms with E-state index < -0.39 is 5.92 Å². The van der Waals surface area contributed by atoms with Crippen molar-refractivity contribution < 1.29 is 14.4 Å². The predicted molar refractivity (Wildman–Crippen MR) is 90.5 cm³/mol. The van der Waals surface area contributed by atoms with Crippen LogP contribution in [0.1, 0.15) is 45.6 Å². The summed E-state index contributed by atoms with van der Waals surface area (Å²) in [6.45, 7) is 6.33. The molecule has 3 saturated carbocycles. The van der Waals surface area contributed by atoms with Gasteiger partial charge in [-0.1, -0.05) is 32.9 Å². The van der Waals surface area contributed by atoms with Gasteiger partial charge in [-0.15, -0.1) is 0 Å². The first-order valence-corrected chi connectivity index (χ1v) is 8.80. The summed E-state index contributed by atoms with van der Waals surface area (Å²) in [6.07, 6.45) is 2.13. The molecule has 4 heteroatoms. The minimum absolute atomic E-state index is 0.0520. The molecule has 1 aromatic carbocycles. The van der Waals surface area contributed by atoms with E-state index in [-0.39, 0.29) is 40.8 Å². The molecular weight excluding hydrogens is 302 g/mol. The molecule has 0 aromatic heterocycles. The quantitative estimate of drug-likeness (QED) is 0.746. The normalized spacial score (nSPS) is 32.5. The zero-order chi connectivity index (χ0) is 17.2. The minimum atomic E-state index is -0.421. The lowest BCUT2D eigenvalue weighted by atomic mass is 9.59. The smallest absolute Gasteiger partial charge is 0.238 e. The first-order chi connectivity index (χ1) is 11.3. The third-order valence-electron chi connectivity index (χ3n) is 6.04. The van der Waals surface area contributed by atoms with Gasteiger partial charge >= 0.3 is 0 Å². The van der Waals surface area contributed by atoms with Crippen molar-refractivity contribution in [3.05, 3.63) is 29.8 Å². The molecule has 24 heavy (non-hydrogen) atoms. The van der Waals surface area contributed by atoms with Crippen LogP contribution >= 0.6 is 0 Å². The molecule has 1 aromatic rings. The predicted octanol–water partition coefficient (Wildman–Crippen LogP) is 3.09. The van der Waals surface area contributed by atoms with Gasteiger partial charge in [0.2, 0.25) is 11.8 Å². The molecule has 126 valence electrons. The van der Waals surface area contributed by atoms with Crippen molar-refractivity contribution >= 4 is 23.3 Å². The Balaban J connectivity index is 1.74. The lowest BCUT2D eigenvalue weighted by Gasteiger charge is -2.41. The van der Waals surface area contributed by atoms with Gasteiger partial charge in [-0.3, -0.25) is 19.3 Å². The number of fused-ring (bicyclic) bond motifs is 2. The van der Waals surface area contributed by atoms with Gasteiger partial charge in [-0.25, -0.2) is 0 Å². The number of benzene rings is 1. The van der Waals surface area contributed by atoms with Gasteiger partial charge in [0.25, 0.3) is 0 Å². The summed E-state index contributed by atoms with van der Waals surface area (Å²) < 4.78 is 0. The van der Waals surface area contributed by atoms with Crippen LogP contribution in [0.5, 0.6) is 0 Å². The molecular formula is C20H23NO3. The Morgan fingerprint density at radius 2 is 1.71 bits per heavy atom. The van der Waals surface area contributed by atoms with Crippen molar-refractivity contribution in [2.75, 3.05) is 4.90 Å². The molecule has 1 saturated heterocycles. The molecule has 4 fully saturated rings. The van der Waals surface area contributed by atoms with Crippen LogP contribution in [0.15, 0.2) is 24.3 Å². The van der Waals surface area contributed by atoms with Crippen LogP contribution in [0.25, 0.3) is 0 Å². The largest absolute Gasteiger partial charge is 0.299 e. The van der Waals surface area contributed by atoms with Crippen molar-refractivity contribution in [1.29, 1.82) is 0 Å². The molecule has 0 radical (unpaired) electrons. The summed E-state index contributed by atoms with van der Waals surface area (Å²) >= 11 is 0. The molecule has 0 spiro atoms. The van der Waals surface area contributed by atoms with E-state index in [9.17, 15) is 14.4 Å². The van der Waals surface area contributed by atoms with Gasteiger partial charge < -0.3 is 0 Å². The van der Waals surface area contributed by atoms with E-state index in [1.165, 1.54) is 4.90 Å². The SMILES string of the molecule is CC(C)(C)c1cccc(N2C(=O)C3C4CCC(C(=O)C4)C3C2=O)c1. The average molecular weight is 325 g/mol. The van der Waals surface area contributed by atoms with Crippen LogP contribution in [-0.4, -0.2) is 17.6 Å². The highest BCUT2D eigenvalue weighted by Crippen LogP contribution is 2.52. The minimum Gasteiger partial charge on any atom is -0.299 e. The molecule has 1 heterocycles. The second kappa shape index (κ2) is 5.01. The number of amides is 2. The summed E-state index contributed by atoms with van der Waals surface area (Å²) in [4.78, 5) is 39.6. The van der Waals surface area contributed by atoms with E-state index in [0.717, 1.165) is 18.4 Å². The van der Waals surface area contributed by atoms with Crippen molar-refractivity contribution in [3.63, 3.8) is 0 Å². The van der Waals surface area contributed by atoms with E-state index in [4.69, 9.17) is 0 Å². The lowest BCUT2D eigenvalue weighted by molar-refractivity contribution is -0.143. The molecule has 4 nitrogen and oxygen atoms in total. The monoisotopic (exact) mass is 325 g/mol. The summed E-state index contributed by atoms with van der Waals surface area (Å²) in [5.74, 6) is -0.981. The van der Waals surface area contributed by atoms with Gasteiger partial charge in [0.05, 0.1) is 17.5 Å². The van der Waals surface area contributed by atoms with E-state index in [1.807, 2.05) is 24.3 Å². The standard InChI is InChI=1S/C20H23NO3/c1-20(2,3)12-5-4-6-13(10-12)21-18(23)16-11-7-8-14(15(22)9-11)17(16)19(21)24/h4-6,10-11,14,16-17H,7-9H2,1-3H3. The van der Waals surface area contributed by atoms with Gasteiger partial charge in [0.15, 0.2) is 0 Å². The molecule has 0 N–H and O–H groups in total. The number of rotatable bonds is 1. The summed E-state index contributed by atoms with van der Waals surface area (Å²) in [6, 6.07) is 7.69. The summed E-state index contributed by atoms with van der Waals surface area (Å²) in [7, 11) is 0. The van der Waals surface area contributed by atoms with Crippen molar-refractivity contribution in [2.24, 2.45) is 23.7 Å². The van der Waals surface area contributed by atoms with Crippen LogP contribution in [0.4, 0.5) is 5.69 Å². The van der Waals surface area contributed by atoms with Gasteiger partial charge in [0, 0.05) is 12.3 Å². The van der Waals surface area contributed by atoms with Gasteiger partial charge in [0.1, 0.15) is 5.78 Å². The molecule has 5 rings (SSSR count). The second-order valence-corrected chi connectivity index (χ2v) is 8.48. The fourth-order valence-electron chi connectivity index (χ4n) is 4.75. The van der Waals surface area contributed by atoms with Gasteiger partial charge in [-0.2, -0.15) is 0 Å². The van der Waals surface area contributed by atoms with Crippen LogP contribution in [0.2, 0.25) is 0 Å². The Morgan fingerprint density at radius 3 is 2.38 bits per heavy atom. The molecule has 2 amide bonds. The maximum absolute atomic E-state index is 13.0. The highest BCUT2D eigenvalue weighted by Gasteiger charge is 2.60. The van der Waals surface area contributed by atoms with Crippen LogP contribution in [-0.2, 0) is 19.8 Å². The molecule has 1 aliphatic heterocycles. The summed E-state index contributed by atoms with van der Waals surface area (Å²) in [5.41, 5.74) is 1.69. The second-order valence-electron chi connectivity index (χ2n) is 8.48. The highest BCUT2D eigenvalue weighted by molar-refractivity contribution is 6.23. The third-order valence-corrected chi connectivity index (χ3v) is 6.04. The van der Waals surface area contributed by atoms with Crippen LogP contribution < -0.4 is 4.90 Å². The number of ketones is 1. The molecule has 4 aliphatic rings. The van der Waals surface area contributed by atoms with Gasteiger partial charge in [-0.05, 0) is 41.9 Å². The number of imide groups is 1. The van der Waals surface area contributed by atoms with E-state index in [1.54, 1.807) is 0 Å². The number of Topliss-reactive ketones (excluding diaryl/α,β-unsaturated/α-hetero) is 1. The fourth-order valence-corrected chi connectivity index (χ4v) is 4.75. The van der Waals surface area contributed by atoms with E-state index in [2.05, 4.69) is 20.8 Å². The van der Waals surface area contributed by atoms with Crippen LogP contribution in [0, 0.1) is 23.7 Å². The summed E-state index contributed by atoms with van der Waals surface area (Å²) in [5, 5.41) is 0. The Labute approximate surface area is 142 Å². The first-order valence-electron chi connectivity index (χ1n) is 8.80. The number of hydrogen-bond acceptors (Lipinski definition) is 3. The highest BCUT2D eigenvalue weighted by atomic mass is 16.2. The van der Waals surface area contributed by atoms with Crippen LogP contribution in [0.3, 0.4) is 0 Å². The Bertz CT molecular complexity index is 745. The maximum atomic E-state index is 13.0. The maximum Gasteiger partial charge on any atom is 0.238 e. The zero-order valence-corrected chi connectivity index (χ0v) is 14.4. The third kappa shape index (κ3) is 2.08. The first kappa shape index (κ1) is 15.6. The lowest BCUT2D eigenvalue weighted by Crippen LogP contribution is -2.46. The fraction of sp³-hybridized carbons (Fsp3) is 0.550. The number of nitrogens with zero attached hydrogens (tertiary/aromatic N) is 1. The molecule has 4 unspecified atom stereocenters. The number of carbonyl (C=O) groups is 3. The Kier molecular flexibility index (Phi) is 3.25. The zero-order valence-electron chi connectivity index (χ0n) is 14.4. The van der Waals surface area contributed by atoms with E-state index in [0.29, 0.717) is 12.1 Å². The molecule has 3 aliphatic carbocycles. The van der Waals surface area contributed by atoms with E-state index >= 15 is 0 Å². The molecule has 2 bridgehead atoms. The topological polar surface area (TPSA) is 54.5 Å².